The van der Waals surface area contributed by atoms with Crippen LogP contribution in [0.25, 0.3) is 0 Å². The lowest BCUT2D eigenvalue weighted by Gasteiger charge is -2.27. The second-order valence-corrected chi connectivity index (χ2v) is 7.41. The summed E-state index contributed by atoms with van der Waals surface area (Å²) in [5.74, 6) is -9.12. The molecule has 0 aromatic carbocycles. The van der Waals surface area contributed by atoms with E-state index in [1.807, 2.05) is 0 Å². The lowest BCUT2D eigenvalue weighted by Crippen LogP contribution is -2.51. The maximum Gasteiger partial charge on any atom is 0.367 e. The highest BCUT2D eigenvalue weighted by Crippen LogP contribution is 2.24. The van der Waals surface area contributed by atoms with Crippen LogP contribution in [-0.4, -0.2) is 48.9 Å². The van der Waals surface area contributed by atoms with Crippen molar-refractivity contribution in [3.8, 4) is 0 Å². The van der Waals surface area contributed by atoms with Gasteiger partial charge in [-0.1, -0.05) is 18.2 Å². The molecule has 0 bridgehead atoms. The monoisotopic (exact) mass is 481 g/mol. The van der Waals surface area contributed by atoms with Gasteiger partial charge in [0.1, 0.15) is 25.7 Å². The van der Waals surface area contributed by atoms with Crippen LogP contribution >= 0.6 is 0 Å². The molecule has 3 aromatic rings. The van der Waals surface area contributed by atoms with E-state index in [9.17, 15) is 24.6 Å². The van der Waals surface area contributed by atoms with Crippen LogP contribution in [0.3, 0.4) is 0 Å². The number of carbonyl (C=O) groups excluding carboxylic acids is 3. The van der Waals surface area contributed by atoms with Crippen molar-refractivity contribution in [1.82, 2.24) is 15.0 Å². The van der Waals surface area contributed by atoms with Gasteiger partial charge in [-0.2, -0.15) is 0 Å². The third kappa shape index (κ3) is 7.66. The van der Waals surface area contributed by atoms with E-state index in [1.165, 1.54) is 31.0 Å². The number of pyridine rings is 3. The van der Waals surface area contributed by atoms with E-state index in [0.717, 1.165) is 0 Å². The number of hydrogen-bond donors (Lipinski definition) is 2. The zero-order valence-electron chi connectivity index (χ0n) is 18.5. The number of rotatable bonds is 11. The first kappa shape index (κ1) is 25.4. The summed E-state index contributed by atoms with van der Waals surface area (Å²) in [6.45, 7) is -0.771. The first-order valence-corrected chi connectivity index (χ1v) is 10.5. The third-order valence-electron chi connectivity index (χ3n) is 4.76. The summed E-state index contributed by atoms with van der Waals surface area (Å²) in [4.78, 5) is 49.3. The Bertz CT molecular complexity index is 1110. The smallest absolute Gasteiger partial charge is 0.367 e. The summed E-state index contributed by atoms with van der Waals surface area (Å²) in [6, 6.07) is 9.77. The standard InChI is InChI=1S/C24H23N3O8/c28-21(33-14-17-4-1-7-25-11-17)10-20(22(29)34-15-18-5-2-8-26-12-18)24(31,32)23(30)35-16-19-6-3-9-27-13-19/h1-9,11-13,20,31-32H,10,14-16H2. The van der Waals surface area contributed by atoms with Crippen LogP contribution in [0.2, 0.25) is 0 Å². The number of aromatic nitrogens is 3. The second kappa shape index (κ2) is 12.3. The summed E-state index contributed by atoms with van der Waals surface area (Å²) in [5.41, 5.74) is 1.56. The number of aliphatic hydroxyl groups is 2. The van der Waals surface area contributed by atoms with Gasteiger partial charge in [0.2, 0.25) is 0 Å². The fourth-order valence-corrected chi connectivity index (χ4v) is 2.88. The van der Waals surface area contributed by atoms with Gasteiger partial charge in [-0.15, -0.1) is 0 Å². The fraction of sp³-hybridized carbons (Fsp3) is 0.250. The molecular formula is C24H23N3O8. The quantitative estimate of drug-likeness (QED) is 0.229. The van der Waals surface area contributed by atoms with Gasteiger partial charge < -0.3 is 24.4 Å². The Hall–Kier alpha value is -4.22. The number of esters is 3. The summed E-state index contributed by atoms with van der Waals surface area (Å²) in [6.07, 6.45) is 8.06. The van der Waals surface area contributed by atoms with E-state index >= 15 is 0 Å². The molecule has 0 radical (unpaired) electrons. The molecule has 0 aliphatic heterocycles. The van der Waals surface area contributed by atoms with Gasteiger partial charge >= 0.3 is 17.9 Å². The molecule has 0 fully saturated rings. The Balaban J connectivity index is 1.69. The van der Waals surface area contributed by atoms with Crippen LogP contribution in [-0.2, 0) is 48.4 Å². The lowest BCUT2D eigenvalue weighted by atomic mass is 9.95. The third-order valence-corrected chi connectivity index (χ3v) is 4.76. The minimum absolute atomic E-state index is 0.167. The molecule has 2 N–H and O–H groups in total. The van der Waals surface area contributed by atoms with E-state index in [2.05, 4.69) is 15.0 Å². The van der Waals surface area contributed by atoms with Crippen molar-refractivity contribution < 1.29 is 38.8 Å². The molecule has 182 valence electrons. The van der Waals surface area contributed by atoms with Crippen LogP contribution in [0, 0.1) is 5.92 Å². The van der Waals surface area contributed by atoms with Crippen LogP contribution in [0.4, 0.5) is 0 Å². The minimum Gasteiger partial charge on any atom is -0.461 e. The van der Waals surface area contributed by atoms with Crippen LogP contribution in [0.5, 0.6) is 0 Å². The normalized spacial score (nSPS) is 11.8. The molecule has 0 saturated carbocycles. The fourth-order valence-electron chi connectivity index (χ4n) is 2.88. The van der Waals surface area contributed by atoms with Gasteiger partial charge in [-0.3, -0.25) is 24.5 Å². The van der Waals surface area contributed by atoms with E-state index < -0.39 is 36.0 Å². The first-order chi connectivity index (χ1) is 16.9. The number of ether oxygens (including phenoxy) is 3. The average molecular weight is 481 g/mol. The molecule has 3 aromatic heterocycles. The first-order valence-electron chi connectivity index (χ1n) is 10.5. The summed E-state index contributed by atoms with van der Waals surface area (Å²) in [7, 11) is 0. The Labute approximate surface area is 200 Å². The molecule has 1 atom stereocenters. The van der Waals surface area contributed by atoms with Crippen molar-refractivity contribution in [3.05, 3.63) is 90.3 Å². The molecule has 3 rings (SSSR count). The maximum atomic E-state index is 12.8. The molecule has 1 unspecified atom stereocenters. The maximum absolute atomic E-state index is 12.8. The van der Waals surface area contributed by atoms with Crippen molar-refractivity contribution in [3.63, 3.8) is 0 Å². The molecule has 0 spiro atoms. The van der Waals surface area contributed by atoms with E-state index in [1.54, 1.807) is 42.6 Å². The van der Waals surface area contributed by atoms with Gasteiger partial charge in [0.05, 0.1) is 6.42 Å². The predicted octanol–water partition coefficient (Wildman–Crippen LogP) is 1.09. The zero-order chi connectivity index (χ0) is 25.1. The summed E-state index contributed by atoms with van der Waals surface area (Å²) in [5, 5.41) is 21.1. The summed E-state index contributed by atoms with van der Waals surface area (Å²) < 4.78 is 15.2. The Kier molecular flexibility index (Phi) is 8.93. The van der Waals surface area contributed by atoms with E-state index in [-0.39, 0.29) is 19.8 Å². The Morgan fingerprint density at radius 1 is 0.743 bits per heavy atom. The van der Waals surface area contributed by atoms with Gasteiger partial charge in [-0.25, -0.2) is 4.79 Å². The molecule has 0 aliphatic carbocycles. The van der Waals surface area contributed by atoms with Crippen LogP contribution < -0.4 is 0 Å². The molecule has 0 aliphatic rings. The van der Waals surface area contributed by atoms with Gasteiger partial charge in [0, 0.05) is 53.9 Å². The van der Waals surface area contributed by atoms with Crippen LogP contribution in [0.15, 0.2) is 73.6 Å². The minimum atomic E-state index is -3.37. The average Bonchev–Trinajstić information content (AvgIpc) is 2.89. The SMILES string of the molecule is O=C(CC(C(=O)OCc1cccnc1)C(O)(O)C(=O)OCc1cccnc1)OCc1cccnc1. The largest absolute Gasteiger partial charge is 0.461 e. The molecule has 0 saturated heterocycles. The van der Waals surface area contributed by atoms with Crippen molar-refractivity contribution in [2.24, 2.45) is 5.92 Å². The second-order valence-electron chi connectivity index (χ2n) is 7.41. The molecule has 11 nitrogen and oxygen atoms in total. The molecular weight excluding hydrogens is 458 g/mol. The Morgan fingerprint density at radius 3 is 1.66 bits per heavy atom. The Morgan fingerprint density at radius 2 is 1.20 bits per heavy atom. The van der Waals surface area contributed by atoms with Gasteiger partial charge in [-0.05, 0) is 18.2 Å². The molecule has 3 heterocycles. The molecule has 0 amide bonds. The number of carbonyl (C=O) groups is 3. The van der Waals surface area contributed by atoms with Crippen LogP contribution in [0.1, 0.15) is 23.1 Å². The predicted molar refractivity (Wildman–Crippen MR) is 117 cm³/mol. The number of nitrogens with zero attached hydrogens (tertiary/aromatic N) is 3. The topological polar surface area (TPSA) is 158 Å². The van der Waals surface area contributed by atoms with Gasteiger partial charge in [0.25, 0.3) is 5.79 Å². The van der Waals surface area contributed by atoms with Crippen molar-refractivity contribution >= 4 is 17.9 Å². The molecule has 35 heavy (non-hydrogen) atoms. The van der Waals surface area contributed by atoms with Gasteiger partial charge in [0.15, 0.2) is 0 Å². The highest BCUT2D eigenvalue weighted by Gasteiger charge is 2.50. The van der Waals surface area contributed by atoms with Crippen molar-refractivity contribution in [1.29, 1.82) is 0 Å². The summed E-state index contributed by atoms with van der Waals surface area (Å²) >= 11 is 0. The van der Waals surface area contributed by atoms with Crippen molar-refractivity contribution in [2.75, 3.05) is 0 Å². The lowest BCUT2D eigenvalue weighted by molar-refractivity contribution is -0.235. The van der Waals surface area contributed by atoms with E-state index in [4.69, 9.17) is 14.2 Å². The van der Waals surface area contributed by atoms with E-state index in [0.29, 0.717) is 16.7 Å². The van der Waals surface area contributed by atoms with Crippen molar-refractivity contribution in [2.45, 2.75) is 32.0 Å². The highest BCUT2D eigenvalue weighted by molar-refractivity contribution is 5.89. The highest BCUT2D eigenvalue weighted by atomic mass is 16.6. The molecule has 11 heteroatoms. The number of hydrogen-bond acceptors (Lipinski definition) is 11. The zero-order valence-corrected chi connectivity index (χ0v) is 18.5.